The first-order valence-electron chi connectivity index (χ1n) is 5.55. The molecule has 0 radical (unpaired) electrons. The lowest BCUT2D eigenvalue weighted by Gasteiger charge is -2.26. The van der Waals surface area contributed by atoms with Gasteiger partial charge in [-0.25, -0.2) is 4.79 Å². The van der Waals surface area contributed by atoms with Crippen molar-refractivity contribution in [3.8, 4) is 0 Å². The first-order chi connectivity index (χ1) is 7.63. The zero-order valence-corrected chi connectivity index (χ0v) is 10.4. The summed E-state index contributed by atoms with van der Waals surface area (Å²) < 4.78 is 16.3. The smallest absolute Gasteiger partial charge is 0.332 e. The number of carboxylic acid groups (broad SMARTS) is 1. The summed E-state index contributed by atoms with van der Waals surface area (Å²) >= 11 is 0. The highest BCUT2D eigenvalue weighted by Gasteiger charge is 2.20. The lowest BCUT2D eigenvalue weighted by atomic mass is 10.2. The second-order valence-corrected chi connectivity index (χ2v) is 5.46. The Morgan fingerprint density at radius 2 is 2.12 bits per heavy atom. The summed E-state index contributed by atoms with van der Waals surface area (Å²) in [4.78, 5) is 13.0. The van der Waals surface area contributed by atoms with Gasteiger partial charge in [-0.15, -0.1) is 0 Å². The van der Waals surface area contributed by atoms with Crippen LogP contribution in [0.15, 0.2) is 0 Å². The van der Waals surface area contributed by atoms with Gasteiger partial charge in [-0.05, 0) is 13.3 Å². The Morgan fingerprint density at radius 1 is 1.50 bits per heavy atom. The van der Waals surface area contributed by atoms with Gasteiger partial charge in [-0.3, -0.25) is 4.21 Å². The van der Waals surface area contributed by atoms with Crippen LogP contribution in [0.3, 0.4) is 0 Å². The average Bonchev–Trinajstić information content (AvgIpc) is 2.26. The van der Waals surface area contributed by atoms with Crippen LogP contribution < -0.4 is 0 Å². The maximum absolute atomic E-state index is 11.1. The van der Waals surface area contributed by atoms with Gasteiger partial charge in [0.15, 0.2) is 6.10 Å². The molecule has 94 valence electrons. The summed E-state index contributed by atoms with van der Waals surface area (Å²) in [6.45, 7) is 4.51. The van der Waals surface area contributed by atoms with Crippen LogP contribution in [0.25, 0.3) is 0 Å². The normalized spacial score (nSPS) is 20.8. The van der Waals surface area contributed by atoms with Crippen molar-refractivity contribution in [2.75, 3.05) is 37.7 Å². The third kappa shape index (κ3) is 4.59. The number of rotatable bonds is 6. The molecule has 6 heteroatoms. The van der Waals surface area contributed by atoms with E-state index >= 15 is 0 Å². The van der Waals surface area contributed by atoms with Crippen LogP contribution >= 0.6 is 0 Å². The molecule has 1 aliphatic rings. The monoisotopic (exact) mass is 249 g/mol. The van der Waals surface area contributed by atoms with E-state index in [4.69, 9.17) is 9.84 Å². The maximum Gasteiger partial charge on any atom is 0.332 e. The first kappa shape index (κ1) is 13.6. The average molecular weight is 249 g/mol. The molecule has 0 saturated carbocycles. The van der Waals surface area contributed by atoms with Gasteiger partial charge in [-0.2, -0.15) is 0 Å². The van der Waals surface area contributed by atoms with Crippen molar-refractivity contribution in [3.63, 3.8) is 0 Å². The van der Waals surface area contributed by atoms with Crippen molar-refractivity contribution in [2.45, 2.75) is 19.4 Å². The molecule has 0 amide bonds. The molecule has 1 aliphatic heterocycles. The second-order valence-electron chi connectivity index (χ2n) is 3.76. The molecule has 1 unspecified atom stereocenters. The molecule has 5 nitrogen and oxygen atoms in total. The number of aliphatic carboxylic acids is 1. The number of carboxylic acids is 1. The first-order valence-corrected chi connectivity index (χ1v) is 7.04. The van der Waals surface area contributed by atoms with Crippen molar-refractivity contribution in [1.82, 2.24) is 4.90 Å². The Hall–Kier alpha value is -0.460. The molecule has 0 aromatic rings. The summed E-state index contributed by atoms with van der Waals surface area (Å²) in [7, 11) is -0.677. The van der Waals surface area contributed by atoms with Crippen molar-refractivity contribution < 1.29 is 18.8 Å². The van der Waals surface area contributed by atoms with Gasteiger partial charge in [0.2, 0.25) is 0 Å². The van der Waals surface area contributed by atoms with Crippen LogP contribution in [-0.2, 0) is 20.3 Å². The fourth-order valence-corrected chi connectivity index (χ4v) is 2.81. The van der Waals surface area contributed by atoms with Gasteiger partial charge in [0, 0.05) is 48.5 Å². The summed E-state index contributed by atoms with van der Waals surface area (Å²) in [5.41, 5.74) is 0. The van der Waals surface area contributed by atoms with E-state index in [1.807, 2.05) is 0 Å². The summed E-state index contributed by atoms with van der Waals surface area (Å²) in [6.07, 6.45) is -0.215. The van der Waals surface area contributed by atoms with E-state index in [-0.39, 0.29) is 0 Å². The van der Waals surface area contributed by atoms with Crippen LogP contribution in [0, 0.1) is 0 Å². The largest absolute Gasteiger partial charge is 0.479 e. The van der Waals surface area contributed by atoms with Crippen LogP contribution in [0.4, 0.5) is 0 Å². The van der Waals surface area contributed by atoms with Crippen molar-refractivity contribution in [2.24, 2.45) is 0 Å². The highest BCUT2D eigenvalue weighted by atomic mass is 32.2. The number of hydrogen-bond acceptors (Lipinski definition) is 4. The SMILES string of the molecule is CCOC(CCN1CCS(=O)CC1)C(=O)O. The zero-order chi connectivity index (χ0) is 12.0. The Bertz CT molecular complexity index is 249. The van der Waals surface area contributed by atoms with E-state index in [1.54, 1.807) is 6.92 Å². The van der Waals surface area contributed by atoms with Crippen molar-refractivity contribution >= 4 is 16.8 Å². The summed E-state index contributed by atoms with van der Waals surface area (Å²) in [5.74, 6) is 0.501. The maximum atomic E-state index is 11.1. The standard InChI is InChI=1S/C10H19NO4S/c1-2-15-9(10(12)13)3-4-11-5-7-16(14)8-6-11/h9H,2-8H2,1H3,(H,12,13). The second kappa shape index (κ2) is 6.98. The molecular weight excluding hydrogens is 230 g/mol. The van der Waals surface area contributed by atoms with Gasteiger partial charge < -0.3 is 14.7 Å². The van der Waals surface area contributed by atoms with Gasteiger partial charge in [-0.1, -0.05) is 0 Å². The minimum Gasteiger partial charge on any atom is -0.479 e. The molecule has 1 fully saturated rings. The zero-order valence-electron chi connectivity index (χ0n) is 9.55. The minimum absolute atomic E-state index is 0.418. The van der Waals surface area contributed by atoms with Gasteiger partial charge >= 0.3 is 5.97 Å². The molecular formula is C10H19NO4S. The molecule has 1 rings (SSSR count). The molecule has 0 aromatic heterocycles. The summed E-state index contributed by atoms with van der Waals surface area (Å²) in [6, 6.07) is 0. The quantitative estimate of drug-likeness (QED) is 0.714. The topological polar surface area (TPSA) is 66.8 Å². The van der Waals surface area contributed by atoms with Gasteiger partial charge in [0.25, 0.3) is 0 Å². The lowest BCUT2D eigenvalue weighted by Crippen LogP contribution is -2.40. The van der Waals surface area contributed by atoms with E-state index in [9.17, 15) is 9.00 Å². The molecule has 0 aliphatic carbocycles. The Morgan fingerprint density at radius 3 is 2.62 bits per heavy atom. The molecule has 1 atom stereocenters. The predicted molar refractivity (Wildman–Crippen MR) is 62.0 cm³/mol. The Kier molecular flexibility index (Phi) is 5.94. The third-order valence-corrected chi connectivity index (χ3v) is 3.90. The van der Waals surface area contributed by atoms with E-state index in [1.165, 1.54) is 0 Å². The molecule has 16 heavy (non-hydrogen) atoms. The Balaban J connectivity index is 2.26. The van der Waals surface area contributed by atoms with E-state index in [0.717, 1.165) is 13.1 Å². The molecule has 1 saturated heterocycles. The van der Waals surface area contributed by atoms with Gasteiger partial charge in [0.05, 0.1) is 0 Å². The number of ether oxygens (including phenoxy) is 1. The molecule has 1 heterocycles. The van der Waals surface area contributed by atoms with Crippen LogP contribution in [-0.4, -0.2) is 64.0 Å². The van der Waals surface area contributed by atoms with E-state index < -0.39 is 22.9 Å². The van der Waals surface area contributed by atoms with Crippen molar-refractivity contribution in [3.05, 3.63) is 0 Å². The van der Waals surface area contributed by atoms with Crippen LogP contribution in [0.2, 0.25) is 0 Å². The Labute approximate surface area is 98.2 Å². The van der Waals surface area contributed by atoms with E-state index in [0.29, 0.717) is 31.1 Å². The molecule has 0 bridgehead atoms. The van der Waals surface area contributed by atoms with Gasteiger partial charge in [0.1, 0.15) is 0 Å². The molecule has 0 spiro atoms. The van der Waals surface area contributed by atoms with Crippen LogP contribution in [0.1, 0.15) is 13.3 Å². The highest BCUT2D eigenvalue weighted by Crippen LogP contribution is 2.05. The van der Waals surface area contributed by atoms with Crippen molar-refractivity contribution in [1.29, 1.82) is 0 Å². The highest BCUT2D eigenvalue weighted by molar-refractivity contribution is 7.85. The minimum atomic E-state index is -0.901. The molecule has 0 aromatic carbocycles. The number of carbonyl (C=O) groups is 1. The summed E-state index contributed by atoms with van der Waals surface area (Å²) in [5, 5.41) is 8.88. The lowest BCUT2D eigenvalue weighted by molar-refractivity contribution is -0.150. The fraction of sp³-hybridized carbons (Fsp3) is 0.900. The predicted octanol–water partition coefficient (Wildman–Crippen LogP) is -0.0695. The fourth-order valence-electron chi connectivity index (χ4n) is 1.68. The molecule has 1 N–H and O–H groups in total. The third-order valence-electron chi connectivity index (χ3n) is 2.62. The van der Waals surface area contributed by atoms with Crippen LogP contribution in [0.5, 0.6) is 0 Å². The van der Waals surface area contributed by atoms with E-state index in [2.05, 4.69) is 4.90 Å². The number of nitrogens with zero attached hydrogens (tertiary/aromatic N) is 1. The number of hydrogen-bond donors (Lipinski definition) is 1.